The van der Waals surface area contributed by atoms with E-state index in [1.54, 1.807) is 11.3 Å². The Kier molecular flexibility index (Phi) is 3.22. The zero-order chi connectivity index (χ0) is 10.7. The smallest absolute Gasteiger partial charge is 0.102 e. The maximum Gasteiger partial charge on any atom is 0.102 e. The summed E-state index contributed by atoms with van der Waals surface area (Å²) >= 11 is 9.26. The van der Waals surface area contributed by atoms with Crippen LogP contribution >= 0.6 is 34.3 Å². The summed E-state index contributed by atoms with van der Waals surface area (Å²) in [4.78, 5) is 0.911. The summed E-state index contributed by atoms with van der Waals surface area (Å²) in [5.41, 5.74) is 1.46. The molecule has 0 spiro atoms. The van der Waals surface area contributed by atoms with Crippen molar-refractivity contribution in [3.05, 3.63) is 44.8 Å². The van der Waals surface area contributed by atoms with Crippen molar-refractivity contribution in [2.24, 2.45) is 0 Å². The van der Waals surface area contributed by atoms with E-state index in [4.69, 9.17) is 16.9 Å². The van der Waals surface area contributed by atoms with Crippen molar-refractivity contribution in [2.45, 2.75) is 0 Å². The van der Waals surface area contributed by atoms with E-state index in [-0.39, 0.29) is 0 Å². The molecule has 0 fully saturated rings. The number of allylic oxidation sites excluding steroid dienone is 1. The standard InChI is InChI=1S/C11H6ClNS2/c12-11(8-3-5-14-7-8)9(6-13)10-2-1-4-15-10/h1-5,7H/b11-9-. The second kappa shape index (κ2) is 4.63. The van der Waals surface area contributed by atoms with E-state index in [9.17, 15) is 0 Å². The van der Waals surface area contributed by atoms with Crippen molar-refractivity contribution in [2.75, 3.05) is 0 Å². The molecular weight excluding hydrogens is 246 g/mol. The molecule has 0 atom stereocenters. The largest absolute Gasteiger partial charge is 0.192 e. The summed E-state index contributed by atoms with van der Waals surface area (Å²) in [6.07, 6.45) is 0. The second-order valence-corrected chi connectivity index (χ2v) is 4.90. The van der Waals surface area contributed by atoms with Crippen LogP contribution in [0.5, 0.6) is 0 Å². The minimum Gasteiger partial charge on any atom is -0.192 e. The number of rotatable bonds is 2. The molecule has 0 aromatic carbocycles. The van der Waals surface area contributed by atoms with Crippen LogP contribution in [0, 0.1) is 11.3 Å². The molecule has 0 aliphatic heterocycles. The van der Waals surface area contributed by atoms with Gasteiger partial charge in [0, 0.05) is 10.4 Å². The number of thiophene rings is 2. The molecule has 0 unspecified atom stereocenters. The van der Waals surface area contributed by atoms with Gasteiger partial charge in [-0.1, -0.05) is 17.7 Å². The summed E-state index contributed by atoms with van der Waals surface area (Å²) < 4.78 is 0. The lowest BCUT2D eigenvalue weighted by molar-refractivity contribution is 1.54. The van der Waals surface area contributed by atoms with Gasteiger partial charge >= 0.3 is 0 Å². The van der Waals surface area contributed by atoms with Gasteiger partial charge in [-0.2, -0.15) is 16.6 Å². The molecule has 0 N–H and O–H groups in total. The normalized spacial score (nSPS) is 12.0. The average molecular weight is 252 g/mol. The number of halogens is 1. The Hall–Kier alpha value is -1.08. The summed E-state index contributed by atoms with van der Waals surface area (Å²) in [6.45, 7) is 0. The number of nitrogens with zero attached hydrogens (tertiary/aromatic N) is 1. The SMILES string of the molecule is N#C/C(=C(/Cl)c1ccsc1)c1cccs1. The molecular formula is C11H6ClNS2. The van der Waals surface area contributed by atoms with Crippen LogP contribution in [0.2, 0.25) is 0 Å². The monoisotopic (exact) mass is 251 g/mol. The van der Waals surface area contributed by atoms with Gasteiger partial charge in [-0.3, -0.25) is 0 Å². The molecule has 0 radical (unpaired) electrons. The van der Waals surface area contributed by atoms with Crippen molar-refractivity contribution >= 4 is 44.9 Å². The van der Waals surface area contributed by atoms with Gasteiger partial charge in [-0.25, -0.2) is 0 Å². The molecule has 2 aromatic heterocycles. The van der Waals surface area contributed by atoms with Crippen molar-refractivity contribution in [1.29, 1.82) is 5.26 Å². The van der Waals surface area contributed by atoms with E-state index in [2.05, 4.69) is 6.07 Å². The lowest BCUT2D eigenvalue weighted by Crippen LogP contribution is -1.79. The zero-order valence-electron chi connectivity index (χ0n) is 7.61. The summed E-state index contributed by atoms with van der Waals surface area (Å²) in [5, 5.41) is 15.4. The predicted octanol–water partition coefficient (Wildman–Crippen LogP) is 4.44. The van der Waals surface area contributed by atoms with Gasteiger partial charge < -0.3 is 0 Å². The molecule has 1 nitrogen and oxygen atoms in total. The molecule has 2 aromatic rings. The van der Waals surface area contributed by atoms with Crippen LogP contribution in [0.1, 0.15) is 10.4 Å². The van der Waals surface area contributed by atoms with Gasteiger partial charge in [0.1, 0.15) is 6.07 Å². The average Bonchev–Trinajstić information content (AvgIpc) is 2.91. The Morgan fingerprint density at radius 3 is 2.73 bits per heavy atom. The van der Waals surface area contributed by atoms with Crippen LogP contribution in [-0.4, -0.2) is 0 Å². The minimum atomic E-state index is 0.529. The topological polar surface area (TPSA) is 23.8 Å². The highest BCUT2D eigenvalue weighted by atomic mass is 35.5. The quantitative estimate of drug-likeness (QED) is 0.724. The first-order valence-electron chi connectivity index (χ1n) is 4.19. The lowest BCUT2D eigenvalue weighted by atomic mass is 10.1. The van der Waals surface area contributed by atoms with Crippen LogP contribution in [-0.2, 0) is 0 Å². The van der Waals surface area contributed by atoms with Gasteiger partial charge in [-0.15, -0.1) is 11.3 Å². The van der Waals surface area contributed by atoms with Gasteiger partial charge in [0.25, 0.3) is 0 Å². The third kappa shape index (κ3) is 2.13. The van der Waals surface area contributed by atoms with Crippen molar-refractivity contribution in [1.82, 2.24) is 0 Å². The van der Waals surface area contributed by atoms with Crippen molar-refractivity contribution in [3.8, 4) is 6.07 Å². The maximum absolute atomic E-state index is 9.08. The van der Waals surface area contributed by atoms with Crippen molar-refractivity contribution in [3.63, 3.8) is 0 Å². The second-order valence-electron chi connectivity index (χ2n) is 2.79. The van der Waals surface area contributed by atoms with Gasteiger partial charge in [0.05, 0.1) is 10.6 Å². The van der Waals surface area contributed by atoms with E-state index < -0.39 is 0 Å². The van der Waals surface area contributed by atoms with E-state index in [1.807, 2.05) is 34.3 Å². The summed E-state index contributed by atoms with van der Waals surface area (Å²) in [6, 6.07) is 7.88. The van der Waals surface area contributed by atoms with E-state index in [0.717, 1.165) is 10.4 Å². The molecule has 0 saturated carbocycles. The fraction of sp³-hybridized carbons (Fsp3) is 0. The molecule has 74 valence electrons. The predicted molar refractivity (Wildman–Crippen MR) is 66.9 cm³/mol. The number of hydrogen-bond donors (Lipinski definition) is 0. The molecule has 4 heteroatoms. The van der Waals surface area contributed by atoms with E-state index in [0.29, 0.717) is 10.6 Å². The molecule has 15 heavy (non-hydrogen) atoms. The Bertz CT molecular complexity index is 503. The number of hydrogen-bond acceptors (Lipinski definition) is 3. The number of nitriles is 1. The van der Waals surface area contributed by atoms with Crippen molar-refractivity contribution < 1.29 is 0 Å². The Morgan fingerprint density at radius 1 is 1.33 bits per heavy atom. The first-order chi connectivity index (χ1) is 7.33. The molecule has 0 aliphatic carbocycles. The highest BCUT2D eigenvalue weighted by molar-refractivity contribution is 7.11. The Labute approximate surface area is 101 Å². The van der Waals surface area contributed by atoms with Gasteiger partial charge in [0.15, 0.2) is 0 Å². The molecule has 0 aliphatic rings. The fourth-order valence-electron chi connectivity index (χ4n) is 1.17. The van der Waals surface area contributed by atoms with Gasteiger partial charge in [0.2, 0.25) is 0 Å². The third-order valence-electron chi connectivity index (χ3n) is 1.87. The molecule has 2 heterocycles. The Morgan fingerprint density at radius 2 is 2.20 bits per heavy atom. The van der Waals surface area contributed by atoms with Crippen LogP contribution in [0.3, 0.4) is 0 Å². The maximum atomic E-state index is 9.08. The van der Waals surface area contributed by atoms with Crippen LogP contribution in [0.4, 0.5) is 0 Å². The Balaban J connectivity index is 2.51. The van der Waals surface area contributed by atoms with E-state index in [1.165, 1.54) is 11.3 Å². The molecule has 2 rings (SSSR count). The highest BCUT2D eigenvalue weighted by Crippen LogP contribution is 2.32. The highest BCUT2D eigenvalue weighted by Gasteiger charge is 2.10. The molecule has 0 saturated heterocycles. The molecule has 0 bridgehead atoms. The lowest BCUT2D eigenvalue weighted by Gasteiger charge is -1.98. The zero-order valence-corrected chi connectivity index (χ0v) is 9.99. The summed E-state index contributed by atoms with van der Waals surface area (Å²) in [5.74, 6) is 0. The molecule has 0 amide bonds. The fourth-order valence-corrected chi connectivity index (χ4v) is 2.92. The minimum absolute atomic E-state index is 0.529. The first-order valence-corrected chi connectivity index (χ1v) is 6.39. The first kappa shape index (κ1) is 10.4. The van der Waals surface area contributed by atoms with E-state index >= 15 is 0 Å². The third-order valence-corrected chi connectivity index (χ3v) is 3.85. The van der Waals surface area contributed by atoms with Crippen LogP contribution < -0.4 is 0 Å². The van der Waals surface area contributed by atoms with Crippen LogP contribution in [0.15, 0.2) is 34.3 Å². The van der Waals surface area contributed by atoms with Gasteiger partial charge in [-0.05, 0) is 28.3 Å². The van der Waals surface area contributed by atoms with Crippen LogP contribution in [0.25, 0.3) is 10.6 Å². The summed E-state index contributed by atoms with van der Waals surface area (Å²) in [7, 11) is 0.